The molecule has 0 unspecified atom stereocenters. The quantitative estimate of drug-likeness (QED) is 0.520. The first-order chi connectivity index (χ1) is 10.1. The van der Waals surface area contributed by atoms with E-state index >= 15 is 0 Å². The molecule has 0 heterocycles. The predicted octanol–water partition coefficient (Wildman–Crippen LogP) is 1.14. The summed E-state index contributed by atoms with van der Waals surface area (Å²) in [7, 11) is 0. The number of nitrogens with one attached hydrogen (secondary N) is 2. The minimum absolute atomic E-state index is 0.0914. The van der Waals surface area contributed by atoms with E-state index in [2.05, 4.69) is 10.6 Å². The van der Waals surface area contributed by atoms with E-state index in [-0.39, 0.29) is 36.5 Å². The van der Waals surface area contributed by atoms with Crippen molar-refractivity contribution in [2.45, 2.75) is 51.9 Å². The molecule has 1 fully saturated rings. The Kier molecular flexibility index (Phi) is 8.47. The number of esters is 1. The number of hydrogen-bond acceptors (Lipinski definition) is 4. The van der Waals surface area contributed by atoms with Gasteiger partial charge in [-0.25, -0.2) is 0 Å². The van der Waals surface area contributed by atoms with Crippen LogP contribution in [0.25, 0.3) is 0 Å². The Morgan fingerprint density at radius 2 is 1.67 bits per heavy atom. The third-order valence-electron chi connectivity index (χ3n) is 3.58. The maximum Gasteiger partial charge on any atom is 0.306 e. The Balaban J connectivity index is 2.03. The highest BCUT2D eigenvalue weighted by atomic mass is 16.5. The second-order valence-corrected chi connectivity index (χ2v) is 5.28. The zero-order valence-corrected chi connectivity index (χ0v) is 12.8. The van der Waals surface area contributed by atoms with E-state index < -0.39 is 0 Å². The molecule has 2 amide bonds. The molecule has 21 heavy (non-hydrogen) atoms. The summed E-state index contributed by atoms with van der Waals surface area (Å²) in [5, 5.41) is 5.52. The third kappa shape index (κ3) is 7.68. The number of hydrogen-bond donors (Lipinski definition) is 2. The summed E-state index contributed by atoms with van der Waals surface area (Å²) in [4.78, 5) is 34.4. The molecule has 0 aromatic rings. The van der Waals surface area contributed by atoms with Gasteiger partial charge >= 0.3 is 5.97 Å². The van der Waals surface area contributed by atoms with Gasteiger partial charge in [0.15, 0.2) is 0 Å². The van der Waals surface area contributed by atoms with Crippen molar-refractivity contribution in [1.29, 1.82) is 0 Å². The molecule has 1 rings (SSSR count). The lowest BCUT2D eigenvalue weighted by Gasteiger charge is -2.20. The van der Waals surface area contributed by atoms with Gasteiger partial charge in [-0.05, 0) is 19.8 Å². The summed E-state index contributed by atoms with van der Waals surface area (Å²) in [5.74, 6) is -0.332. The van der Waals surface area contributed by atoms with Crippen molar-refractivity contribution in [3.8, 4) is 0 Å². The highest BCUT2D eigenvalue weighted by Gasteiger charge is 2.20. The lowest BCUT2D eigenvalue weighted by molar-refractivity contribution is -0.144. The summed E-state index contributed by atoms with van der Waals surface area (Å²) < 4.78 is 4.74. The minimum atomic E-state index is -0.363. The van der Waals surface area contributed by atoms with Crippen LogP contribution in [0.4, 0.5) is 0 Å². The Labute approximate surface area is 126 Å². The van der Waals surface area contributed by atoms with Gasteiger partial charge in [0, 0.05) is 25.4 Å². The van der Waals surface area contributed by atoms with Gasteiger partial charge in [-0.1, -0.05) is 19.3 Å². The summed E-state index contributed by atoms with van der Waals surface area (Å²) in [6, 6.07) is 0. The van der Waals surface area contributed by atoms with Crippen molar-refractivity contribution in [3.63, 3.8) is 0 Å². The Hall–Kier alpha value is -1.59. The molecular formula is C15H26N2O4. The number of carbonyl (C=O) groups is 3. The van der Waals surface area contributed by atoms with Crippen molar-refractivity contribution in [2.75, 3.05) is 19.7 Å². The summed E-state index contributed by atoms with van der Waals surface area (Å²) >= 11 is 0. The third-order valence-corrected chi connectivity index (χ3v) is 3.58. The topological polar surface area (TPSA) is 84.5 Å². The minimum Gasteiger partial charge on any atom is -0.466 e. The maximum absolute atomic E-state index is 11.8. The van der Waals surface area contributed by atoms with Crippen molar-refractivity contribution in [3.05, 3.63) is 0 Å². The monoisotopic (exact) mass is 298 g/mol. The van der Waals surface area contributed by atoms with Gasteiger partial charge in [-0.15, -0.1) is 0 Å². The highest BCUT2D eigenvalue weighted by molar-refractivity contribution is 5.81. The fourth-order valence-corrected chi connectivity index (χ4v) is 2.43. The normalized spacial score (nSPS) is 15.3. The zero-order chi connectivity index (χ0) is 15.5. The zero-order valence-electron chi connectivity index (χ0n) is 12.8. The summed E-state index contributed by atoms with van der Waals surface area (Å²) in [5.41, 5.74) is 0. The molecule has 0 aromatic carbocycles. The van der Waals surface area contributed by atoms with Crippen molar-refractivity contribution in [1.82, 2.24) is 10.6 Å². The molecule has 6 heteroatoms. The fourth-order valence-electron chi connectivity index (χ4n) is 2.43. The molecule has 1 aliphatic rings. The number of amides is 2. The molecule has 1 saturated carbocycles. The fraction of sp³-hybridized carbons (Fsp3) is 0.800. The highest BCUT2D eigenvalue weighted by Crippen LogP contribution is 2.23. The van der Waals surface area contributed by atoms with Gasteiger partial charge in [-0.2, -0.15) is 0 Å². The summed E-state index contributed by atoms with van der Waals surface area (Å²) in [6.07, 6.45) is 5.63. The predicted molar refractivity (Wildman–Crippen MR) is 78.5 cm³/mol. The molecule has 2 N–H and O–H groups in total. The molecule has 0 radical (unpaired) electrons. The van der Waals surface area contributed by atoms with Crippen LogP contribution in [0, 0.1) is 5.92 Å². The van der Waals surface area contributed by atoms with E-state index in [0.717, 1.165) is 25.7 Å². The standard InChI is InChI=1S/C15H26N2O4/c1-2-21-14(19)9-8-13(18)16-10-11-17-15(20)12-6-4-3-5-7-12/h12H,2-11H2,1H3,(H,16,18)(H,17,20). The van der Waals surface area contributed by atoms with E-state index in [1.54, 1.807) is 6.92 Å². The first-order valence-electron chi connectivity index (χ1n) is 7.83. The van der Waals surface area contributed by atoms with E-state index in [9.17, 15) is 14.4 Å². The van der Waals surface area contributed by atoms with Crippen LogP contribution in [0.1, 0.15) is 51.9 Å². The van der Waals surface area contributed by atoms with Crippen LogP contribution in [-0.4, -0.2) is 37.5 Å². The number of ether oxygens (including phenoxy) is 1. The molecule has 0 bridgehead atoms. The van der Waals surface area contributed by atoms with Gasteiger partial charge < -0.3 is 15.4 Å². The smallest absolute Gasteiger partial charge is 0.306 e. The average molecular weight is 298 g/mol. The van der Waals surface area contributed by atoms with Crippen molar-refractivity contribution >= 4 is 17.8 Å². The van der Waals surface area contributed by atoms with Crippen molar-refractivity contribution < 1.29 is 19.1 Å². The Morgan fingerprint density at radius 1 is 1.00 bits per heavy atom. The van der Waals surface area contributed by atoms with Crippen LogP contribution >= 0.6 is 0 Å². The van der Waals surface area contributed by atoms with Crippen LogP contribution in [0.2, 0.25) is 0 Å². The largest absolute Gasteiger partial charge is 0.466 e. The molecular weight excluding hydrogens is 272 g/mol. The van der Waals surface area contributed by atoms with Crippen LogP contribution in [0.5, 0.6) is 0 Å². The number of rotatable bonds is 8. The molecule has 6 nitrogen and oxygen atoms in total. The maximum atomic E-state index is 11.8. The SMILES string of the molecule is CCOC(=O)CCC(=O)NCCNC(=O)C1CCCCC1. The van der Waals surface area contributed by atoms with Gasteiger partial charge in [0.05, 0.1) is 13.0 Å². The lowest BCUT2D eigenvalue weighted by Crippen LogP contribution is -2.38. The van der Waals surface area contributed by atoms with Gasteiger partial charge in [0.25, 0.3) is 0 Å². The van der Waals surface area contributed by atoms with E-state index in [1.807, 2.05) is 0 Å². The first-order valence-corrected chi connectivity index (χ1v) is 7.83. The van der Waals surface area contributed by atoms with Crippen LogP contribution in [-0.2, 0) is 19.1 Å². The second kappa shape index (κ2) is 10.2. The van der Waals surface area contributed by atoms with Gasteiger partial charge in [-0.3, -0.25) is 14.4 Å². The molecule has 0 atom stereocenters. The van der Waals surface area contributed by atoms with Crippen LogP contribution in [0.15, 0.2) is 0 Å². The molecule has 0 aromatic heterocycles. The lowest BCUT2D eigenvalue weighted by atomic mass is 9.89. The molecule has 1 aliphatic carbocycles. The summed E-state index contributed by atoms with van der Waals surface area (Å²) in [6.45, 7) is 2.88. The molecule has 120 valence electrons. The van der Waals surface area contributed by atoms with Crippen LogP contribution < -0.4 is 10.6 Å². The number of carbonyl (C=O) groups excluding carboxylic acids is 3. The Bertz CT molecular complexity index is 352. The Morgan fingerprint density at radius 3 is 2.33 bits per heavy atom. The van der Waals surface area contributed by atoms with Gasteiger partial charge in [0.1, 0.15) is 0 Å². The van der Waals surface area contributed by atoms with Crippen LogP contribution in [0.3, 0.4) is 0 Å². The molecule has 0 saturated heterocycles. The van der Waals surface area contributed by atoms with E-state index in [1.165, 1.54) is 6.42 Å². The molecule has 0 aliphatic heterocycles. The van der Waals surface area contributed by atoms with Gasteiger partial charge in [0.2, 0.25) is 11.8 Å². The van der Waals surface area contributed by atoms with E-state index in [0.29, 0.717) is 19.7 Å². The molecule has 0 spiro atoms. The first kappa shape index (κ1) is 17.5. The van der Waals surface area contributed by atoms with E-state index in [4.69, 9.17) is 4.74 Å². The van der Waals surface area contributed by atoms with Crippen molar-refractivity contribution in [2.24, 2.45) is 5.92 Å². The second-order valence-electron chi connectivity index (χ2n) is 5.28. The average Bonchev–Trinajstić information content (AvgIpc) is 2.50.